The van der Waals surface area contributed by atoms with Gasteiger partial charge in [-0.15, -0.1) is 0 Å². The van der Waals surface area contributed by atoms with E-state index in [0.29, 0.717) is 5.69 Å². The summed E-state index contributed by atoms with van der Waals surface area (Å²) in [7, 11) is 0. The molecule has 2 aromatic carbocycles. The second kappa shape index (κ2) is 4.96. The Bertz CT molecular complexity index is 867. The summed E-state index contributed by atoms with van der Waals surface area (Å²) < 4.78 is 13.2. The molecule has 2 unspecified atom stereocenters. The number of fused-ring (bicyclic) bond motifs is 3. The summed E-state index contributed by atoms with van der Waals surface area (Å²) in [5, 5.41) is 12.6. The lowest BCUT2D eigenvalue weighted by Crippen LogP contribution is -2.44. The van der Waals surface area contributed by atoms with E-state index >= 15 is 0 Å². The zero-order chi connectivity index (χ0) is 16.0. The molecule has 2 aliphatic heterocycles. The first-order chi connectivity index (χ1) is 11.2. The van der Waals surface area contributed by atoms with E-state index in [0.717, 1.165) is 11.3 Å². The number of hydrogen-bond donors (Lipinski definition) is 1. The van der Waals surface area contributed by atoms with Gasteiger partial charge in [0.1, 0.15) is 17.5 Å². The van der Waals surface area contributed by atoms with Crippen molar-refractivity contribution in [2.24, 2.45) is 0 Å². The van der Waals surface area contributed by atoms with Gasteiger partial charge in [-0.2, -0.15) is 5.26 Å². The van der Waals surface area contributed by atoms with Crippen LogP contribution in [0.25, 0.3) is 0 Å². The van der Waals surface area contributed by atoms with Crippen molar-refractivity contribution in [2.75, 3.05) is 10.2 Å². The van der Waals surface area contributed by atoms with Crippen molar-refractivity contribution in [3.8, 4) is 6.07 Å². The highest BCUT2D eigenvalue weighted by atomic mass is 19.1. The maximum atomic E-state index is 13.2. The Morgan fingerprint density at radius 3 is 2.61 bits per heavy atom. The van der Waals surface area contributed by atoms with Gasteiger partial charge in [0.15, 0.2) is 0 Å². The highest BCUT2D eigenvalue weighted by Crippen LogP contribution is 2.43. The number of hydrogen-bond acceptors (Lipinski definition) is 3. The molecule has 1 amide bonds. The standard InChI is InChI=1S/C18H12FN3O/c19-12-5-7-13(8-6-12)22-17-14-3-1-2-4-15(14)21-16(17)9-11(10-20)18(22)23/h1-9,16-17,21H. The number of rotatable bonds is 1. The predicted octanol–water partition coefficient (Wildman–Crippen LogP) is 3.16. The van der Waals surface area contributed by atoms with Crippen molar-refractivity contribution in [1.82, 2.24) is 0 Å². The van der Waals surface area contributed by atoms with Crippen LogP contribution in [-0.2, 0) is 4.79 Å². The molecule has 0 bridgehead atoms. The van der Waals surface area contributed by atoms with Gasteiger partial charge in [0.25, 0.3) is 5.91 Å². The van der Waals surface area contributed by atoms with Crippen LogP contribution >= 0.6 is 0 Å². The lowest BCUT2D eigenvalue weighted by molar-refractivity contribution is -0.115. The fourth-order valence-electron chi connectivity index (χ4n) is 3.24. The minimum Gasteiger partial charge on any atom is -0.376 e. The van der Waals surface area contributed by atoms with Gasteiger partial charge < -0.3 is 5.32 Å². The Morgan fingerprint density at radius 2 is 1.87 bits per heavy atom. The first-order valence-corrected chi connectivity index (χ1v) is 7.25. The predicted molar refractivity (Wildman–Crippen MR) is 84.2 cm³/mol. The summed E-state index contributed by atoms with van der Waals surface area (Å²) in [6.45, 7) is 0. The number of halogens is 1. The second-order valence-corrected chi connectivity index (χ2v) is 5.55. The van der Waals surface area contributed by atoms with E-state index in [-0.39, 0.29) is 29.4 Å². The molecule has 5 heteroatoms. The van der Waals surface area contributed by atoms with Crippen LogP contribution in [0.3, 0.4) is 0 Å². The third-order valence-electron chi connectivity index (χ3n) is 4.24. The minimum absolute atomic E-state index is 0.0934. The smallest absolute Gasteiger partial charge is 0.269 e. The van der Waals surface area contributed by atoms with E-state index < -0.39 is 0 Å². The molecule has 0 spiro atoms. The van der Waals surface area contributed by atoms with Crippen LogP contribution in [0.2, 0.25) is 0 Å². The lowest BCUT2D eigenvalue weighted by Gasteiger charge is -2.35. The maximum Gasteiger partial charge on any atom is 0.269 e. The number of para-hydroxylation sites is 1. The summed E-state index contributed by atoms with van der Waals surface area (Å²) in [5.41, 5.74) is 2.60. The molecular formula is C18H12FN3O. The molecule has 4 rings (SSSR count). The molecule has 4 nitrogen and oxygen atoms in total. The van der Waals surface area contributed by atoms with E-state index in [9.17, 15) is 14.4 Å². The van der Waals surface area contributed by atoms with E-state index in [1.165, 1.54) is 12.1 Å². The van der Waals surface area contributed by atoms with Crippen LogP contribution in [0.1, 0.15) is 11.6 Å². The summed E-state index contributed by atoms with van der Waals surface area (Å²) >= 11 is 0. The van der Waals surface area contributed by atoms with Gasteiger partial charge in [-0.05, 0) is 36.4 Å². The Balaban J connectivity index is 1.88. The molecule has 1 N–H and O–H groups in total. The molecule has 0 aromatic heterocycles. The number of benzene rings is 2. The highest BCUT2D eigenvalue weighted by molar-refractivity contribution is 6.10. The Morgan fingerprint density at radius 1 is 1.13 bits per heavy atom. The number of nitrogens with zero attached hydrogens (tertiary/aromatic N) is 2. The molecule has 2 heterocycles. The molecule has 2 aliphatic rings. The summed E-state index contributed by atoms with van der Waals surface area (Å²) in [6.07, 6.45) is 1.67. The molecule has 112 valence electrons. The molecule has 0 fully saturated rings. The number of amides is 1. The SMILES string of the molecule is N#CC1=CC2Nc3ccccc3C2N(c2ccc(F)cc2)C1=O. The molecule has 0 saturated carbocycles. The molecule has 0 aliphatic carbocycles. The summed E-state index contributed by atoms with van der Waals surface area (Å²) in [5.74, 6) is -0.727. The van der Waals surface area contributed by atoms with Gasteiger partial charge in [0.05, 0.1) is 12.1 Å². The van der Waals surface area contributed by atoms with Crippen LogP contribution in [0, 0.1) is 17.1 Å². The first-order valence-electron chi connectivity index (χ1n) is 7.25. The zero-order valence-electron chi connectivity index (χ0n) is 12.0. The van der Waals surface area contributed by atoms with Crippen LogP contribution < -0.4 is 10.2 Å². The minimum atomic E-state index is -0.365. The fourth-order valence-corrected chi connectivity index (χ4v) is 3.24. The molecule has 23 heavy (non-hydrogen) atoms. The summed E-state index contributed by atoms with van der Waals surface area (Å²) in [6, 6.07) is 15.0. The van der Waals surface area contributed by atoms with Crippen LogP contribution in [0.5, 0.6) is 0 Å². The quantitative estimate of drug-likeness (QED) is 0.880. The Kier molecular flexibility index (Phi) is 2.91. The largest absolute Gasteiger partial charge is 0.376 e. The van der Waals surface area contributed by atoms with E-state index in [1.54, 1.807) is 23.1 Å². The monoisotopic (exact) mass is 305 g/mol. The normalized spacial score (nSPS) is 21.8. The fraction of sp³-hybridized carbons (Fsp3) is 0.111. The van der Waals surface area contributed by atoms with Crippen molar-refractivity contribution in [3.63, 3.8) is 0 Å². The zero-order valence-corrected chi connectivity index (χ0v) is 12.0. The lowest BCUT2D eigenvalue weighted by atomic mass is 9.94. The molecule has 2 atom stereocenters. The van der Waals surface area contributed by atoms with Gasteiger partial charge in [-0.25, -0.2) is 4.39 Å². The van der Waals surface area contributed by atoms with Gasteiger partial charge in [-0.3, -0.25) is 9.69 Å². The van der Waals surface area contributed by atoms with Crippen molar-refractivity contribution < 1.29 is 9.18 Å². The molecule has 2 aromatic rings. The second-order valence-electron chi connectivity index (χ2n) is 5.55. The van der Waals surface area contributed by atoms with Gasteiger partial charge in [0, 0.05) is 16.9 Å². The van der Waals surface area contributed by atoms with Crippen LogP contribution in [0.4, 0.5) is 15.8 Å². The van der Waals surface area contributed by atoms with Gasteiger partial charge in [-0.1, -0.05) is 18.2 Å². The number of anilines is 2. The van der Waals surface area contributed by atoms with E-state index in [4.69, 9.17) is 0 Å². The average molecular weight is 305 g/mol. The van der Waals surface area contributed by atoms with Crippen LogP contribution in [-0.4, -0.2) is 11.9 Å². The number of carbonyl (C=O) groups is 1. The Hall–Kier alpha value is -3.13. The van der Waals surface area contributed by atoms with E-state index in [2.05, 4.69) is 5.32 Å². The number of carbonyl (C=O) groups excluding carboxylic acids is 1. The third kappa shape index (κ3) is 2.00. The first kappa shape index (κ1) is 13.5. The van der Waals surface area contributed by atoms with Gasteiger partial charge >= 0.3 is 0 Å². The maximum absolute atomic E-state index is 13.2. The Labute approximate surface area is 132 Å². The molecule has 0 saturated heterocycles. The topological polar surface area (TPSA) is 56.1 Å². The van der Waals surface area contributed by atoms with Crippen molar-refractivity contribution in [1.29, 1.82) is 5.26 Å². The molecular weight excluding hydrogens is 293 g/mol. The van der Waals surface area contributed by atoms with Crippen molar-refractivity contribution in [3.05, 3.63) is 71.6 Å². The van der Waals surface area contributed by atoms with E-state index in [1.807, 2.05) is 30.3 Å². The van der Waals surface area contributed by atoms with Gasteiger partial charge in [0.2, 0.25) is 0 Å². The average Bonchev–Trinajstić information content (AvgIpc) is 2.93. The van der Waals surface area contributed by atoms with Crippen LogP contribution in [0.15, 0.2) is 60.2 Å². The molecule has 0 radical (unpaired) electrons. The number of nitrogens with one attached hydrogen (secondary N) is 1. The highest BCUT2D eigenvalue weighted by Gasteiger charge is 2.43. The number of nitriles is 1. The summed E-state index contributed by atoms with van der Waals surface area (Å²) in [4.78, 5) is 14.3. The third-order valence-corrected chi connectivity index (χ3v) is 4.24. The van der Waals surface area contributed by atoms with Crippen molar-refractivity contribution in [2.45, 2.75) is 12.1 Å². The van der Waals surface area contributed by atoms with Crippen molar-refractivity contribution >= 4 is 17.3 Å².